The summed E-state index contributed by atoms with van der Waals surface area (Å²) in [6.07, 6.45) is 4.94. The molecule has 1 amide bonds. The number of fused-ring (bicyclic) bond motifs is 1. The third kappa shape index (κ3) is 3.75. The third-order valence-corrected chi connectivity index (χ3v) is 6.24. The Morgan fingerprint density at radius 1 is 1.04 bits per heavy atom. The lowest BCUT2D eigenvalue weighted by atomic mass is 10.1. The van der Waals surface area contributed by atoms with E-state index in [1.807, 2.05) is 29.2 Å². The van der Waals surface area contributed by atoms with E-state index in [2.05, 4.69) is 9.30 Å². The van der Waals surface area contributed by atoms with Crippen molar-refractivity contribution < 1.29 is 17.9 Å². The molecule has 1 aromatic carbocycles. The van der Waals surface area contributed by atoms with Crippen molar-refractivity contribution in [1.29, 1.82) is 0 Å². The Hall–Kier alpha value is -2.81. The number of hydrogen-bond donors (Lipinski definition) is 0. The van der Waals surface area contributed by atoms with Crippen LogP contribution in [0.1, 0.15) is 0 Å². The maximum atomic E-state index is 12.9. The van der Waals surface area contributed by atoms with E-state index in [4.69, 9.17) is 4.74 Å². The lowest BCUT2D eigenvalue weighted by Crippen LogP contribution is -2.49. The van der Waals surface area contributed by atoms with Gasteiger partial charge in [0.2, 0.25) is 0 Å². The van der Waals surface area contributed by atoms with Crippen LogP contribution in [0.5, 0.6) is 5.75 Å². The smallest absolute Gasteiger partial charge is 0.256 e. The predicted molar refractivity (Wildman–Crippen MR) is 107 cm³/mol. The minimum Gasteiger partial charge on any atom is -0.497 e. The second-order valence-corrected chi connectivity index (χ2v) is 8.58. The molecule has 4 rings (SSSR count). The summed E-state index contributed by atoms with van der Waals surface area (Å²) in [6, 6.07) is 7.91. The van der Waals surface area contributed by atoms with Crippen LogP contribution in [0.3, 0.4) is 0 Å². The van der Waals surface area contributed by atoms with Gasteiger partial charge in [0.1, 0.15) is 11.6 Å². The molecule has 8 nitrogen and oxygen atoms in total. The van der Waals surface area contributed by atoms with Gasteiger partial charge in [0.15, 0.2) is 0 Å². The van der Waals surface area contributed by atoms with Crippen LogP contribution >= 0.6 is 0 Å². The number of rotatable bonds is 3. The van der Waals surface area contributed by atoms with Crippen molar-refractivity contribution >= 4 is 27.5 Å². The Kier molecular flexibility index (Phi) is 4.84. The molecule has 0 unspecified atom stereocenters. The Labute approximate surface area is 164 Å². The normalized spacial score (nSPS) is 21.0. The molecule has 3 heterocycles. The fraction of sp³-hybridized carbons (Fsp3) is 0.368. The van der Waals surface area contributed by atoms with Gasteiger partial charge in [0.05, 0.1) is 18.4 Å². The molecule has 9 heteroatoms. The predicted octanol–water partition coefficient (Wildman–Crippen LogP) is 0.841. The summed E-state index contributed by atoms with van der Waals surface area (Å²) in [4.78, 5) is 18.7. The number of hydrogen-bond acceptors (Lipinski definition) is 6. The lowest BCUT2D eigenvalue weighted by molar-refractivity contribution is -0.127. The topological polar surface area (TPSA) is 82.5 Å². The highest BCUT2D eigenvalue weighted by atomic mass is 32.2. The van der Waals surface area contributed by atoms with Crippen molar-refractivity contribution in [3.05, 3.63) is 48.2 Å². The molecule has 3 aliphatic rings. The first-order chi connectivity index (χ1) is 13.4. The highest BCUT2D eigenvalue weighted by molar-refractivity contribution is 7.90. The van der Waals surface area contributed by atoms with Crippen LogP contribution in [0.15, 0.2) is 52.6 Å². The van der Waals surface area contributed by atoms with Crippen molar-refractivity contribution in [3.8, 4) is 5.75 Å². The van der Waals surface area contributed by atoms with Crippen molar-refractivity contribution in [2.24, 2.45) is 4.40 Å². The number of nitrogens with zero attached hydrogens (tertiary/aromatic N) is 4. The summed E-state index contributed by atoms with van der Waals surface area (Å²) < 4.78 is 32.1. The van der Waals surface area contributed by atoms with Gasteiger partial charge in [0, 0.05) is 44.6 Å². The summed E-state index contributed by atoms with van der Waals surface area (Å²) >= 11 is 0. The molecule has 0 aromatic heterocycles. The van der Waals surface area contributed by atoms with E-state index in [0.717, 1.165) is 24.5 Å². The lowest BCUT2D eigenvalue weighted by Gasteiger charge is -2.37. The zero-order chi connectivity index (χ0) is 19.7. The minimum atomic E-state index is -3.39. The second-order valence-electron chi connectivity index (χ2n) is 6.82. The molecule has 0 spiro atoms. The molecule has 3 aliphatic heterocycles. The Balaban J connectivity index is 1.39. The first-order valence-corrected chi connectivity index (χ1v) is 10.7. The molecular formula is C19H22N4O4S. The first kappa shape index (κ1) is 18.5. The van der Waals surface area contributed by atoms with E-state index in [0.29, 0.717) is 31.0 Å². The van der Waals surface area contributed by atoms with Crippen LogP contribution in [0, 0.1) is 0 Å². The highest BCUT2D eigenvalue weighted by Gasteiger charge is 2.28. The fourth-order valence-corrected chi connectivity index (χ4v) is 4.44. The zero-order valence-corrected chi connectivity index (χ0v) is 16.4. The number of carbonyl (C=O) groups is 1. The van der Waals surface area contributed by atoms with Gasteiger partial charge in [-0.2, -0.15) is 0 Å². The van der Waals surface area contributed by atoms with Crippen molar-refractivity contribution in [1.82, 2.24) is 9.80 Å². The molecule has 0 N–H and O–H groups in total. The maximum Gasteiger partial charge on any atom is 0.256 e. The molecule has 0 aliphatic carbocycles. The second kappa shape index (κ2) is 7.31. The number of amidine groups is 1. The van der Waals surface area contributed by atoms with Crippen LogP contribution in [0.25, 0.3) is 0 Å². The quantitative estimate of drug-likeness (QED) is 0.745. The number of amides is 1. The van der Waals surface area contributed by atoms with E-state index in [-0.39, 0.29) is 11.7 Å². The summed E-state index contributed by atoms with van der Waals surface area (Å²) in [5.41, 5.74) is 1.66. The van der Waals surface area contributed by atoms with Gasteiger partial charge in [0.25, 0.3) is 15.9 Å². The molecule has 1 aromatic rings. The van der Waals surface area contributed by atoms with Crippen molar-refractivity contribution in [2.75, 3.05) is 50.5 Å². The summed E-state index contributed by atoms with van der Waals surface area (Å²) in [5, 5.41) is 0. The monoisotopic (exact) mass is 402 g/mol. The highest BCUT2D eigenvalue weighted by Crippen LogP contribution is 2.22. The van der Waals surface area contributed by atoms with Crippen molar-refractivity contribution in [2.45, 2.75) is 0 Å². The van der Waals surface area contributed by atoms with Gasteiger partial charge >= 0.3 is 0 Å². The van der Waals surface area contributed by atoms with Crippen LogP contribution in [-0.2, 0) is 14.8 Å². The number of sulfonamides is 1. The minimum absolute atomic E-state index is 0.0388. The number of carbonyl (C=O) groups excluding carboxylic acids is 1. The summed E-state index contributed by atoms with van der Waals surface area (Å²) in [5.74, 6) is 1.11. The molecule has 0 saturated carbocycles. The number of anilines is 1. The van der Waals surface area contributed by atoms with Crippen LogP contribution in [0.4, 0.5) is 5.69 Å². The molecule has 1 fully saturated rings. The molecule has 28 heavy (non-hydrogen) atoms. The average molecular weight is 402 g/mol. The van der Waals surface area contributed by atoms with E-state index in [1.54, 1.807) is 30.4 Å². The standard InChI is InChI=1S/C19H22N4O4S/c1-27-17-5-3-16(4-6-17)21-8-10-22(11-9-21)19(24)15-2-7-18-20-28(25,26)13-12-23(18)14-15/h2-7,14H,8-13H2,1H3. The Morgan fingerprint density at radius 2 is 1.75 bits per heavy atom. The summed E-state index contributed by atoms with van der Waals surface area (Å²) in [7, 11) is -1.75. The largest absolute Gasteiger partial charge is 0.497 e. The van der Waals surface area contributed by atoms with Crippen LogP contribution in [-0.4, -0.2) is 75.5 Å². The average Bonchev–Trinajstić information content (AvgIpc) is 2.72. The van der Waals surface area contributed by atoms with E-state index in [1.165, 1.54) is 0 Å². The van der Waals surface area contributed by atoms with Gasteiger partial charge < -0.3 is 19.4 Å². The van der Waals surface area contributed by atoms with E-state index < -0.39 is 10.0 Å². The van der Waals surface area contributed by atoms with Crippen LogP contribution < -0.4 is 9.64 Å². The zero-order valence-electron chi connectivity index (χ0n) is 15.6. The molecule has 0 atom stereocenters. The number of benzene rings is 1. The molecule has 1 saturated heterocycles. The Morgan fingerprint density at radius 3 is 2.43 bits per heavy atom. The first-order valence-electron chi connectivity index (χ1n) is 9.13. The number of piperazine rings is 1. The van der Waals surface area contributed by atoms with E-state index in [9.17, 15) is 13.2 Å². The molecule has 148 valence electrons. The van der Waals surface area contributed by atoms with Gasteiger partial charge in [-0.25, -0.2) is 8.42 Å². The fourth-order valence-electron chi connectivity index (χ4n) is 3.47. The SMILES string of the molecule is COc1ccc(N2CCN(C(=O)C3=CN4CCS(=O)(=O)N=C4C=C3)CC2)cc1. The van der Waals surface area contributed by atoms with E-state index >= 15 is 0 Å². The number of methoxy groups -OCH3 is 1. The van der Waals surface area contributed by atoms with Crippen molar-refractivity contribution in [3.63, 3.8) is 0 Å². The Bertz CT molecular complexity index is 958. The molecule has 0 bridgehead atoms. The summed E-state index contributed by atoms with van der Waals surface area (Å²) in [6.45, 7) is 3.08. The van der Waals surface area contributed by atoms with Crippen LogP contribution in [0.2, 0.25) is 0 Å². The van der Waals surface area contributed by atoms with Gasteiger partial charge in [-0.1, -0.05) is 0 Å². The van der Waals surface area contributed by atoms with Gasteiger partial charge in [-0.3, -0.25) is 4.79 Å². The molecule has 0 radical (unpaired) electrons. The van der Waals surface area contributed by atoms with Gasteiger partial charge in [-0.05, 0) is 36.4 Å². The molecular weight excluding hydrogens is 380 g/mol. The number of ether oxygens (including phenoxy) is 1. The van der Waals surface area contributed by atoms with Gasteiger partial charge in [-0.15, -0.1) is 4.40 Å². The maximum absolute atomic E-state index is 12.9. The third-order valence-electron chi connectivity index (χ3n) is 5.08.